The fourth-order valence-corrected chi connectivity index (χ4v) is 1.29. The highest BCUT2D eigenvalue weighted by molar-refractivity contribution is 7.81. The predicted octanol–water partition coefficient (Wildman–Crippen LogP) is 0.532. The Bertz CT molecular complexity index is 499. The van der Waals surface area contributed by atoms with Crippen LogP contribution in [0.3, 0.4) is 0 Å². The Balaban J connectivity index is 2.72. The van der Waals surface area contributed by atoms with Crippen LogP contribution >= 0.6 is 0 Å². The molecule has 0 saturated heterocycles. The van der Waals surface area contributed by atoms with Crippen molar-refractivity contribution in [1.29, 1.82) is 0 Å². The molecule has 1 unspecified atom stereocenters. The first-order chi connectivity index (χ1) is 7.78. The minimum atomic E-state index is -5.04. The van der Waals surface area contributed by atoms with Crippen molar-refractivity contribution in [3.8, 4) is 11.5 Å². The minimum absolute atomic E-state index is 0.202. The summed E-state index contributed by atoms with van der Waals surface area (Å²) in [4.78, 5) is 10.7. The summed E-state index contributed by atoms with van der Waals surface area (Å²) in [5, 5.41) is 0. The third kappa shape index (κ3) is 4.68. The van der Waals surface area contributed by atoms with E-state index in [-0.39, 0.29) is 11.5 Å². The van der Waals surface area contributed by atoms with Gasteiger partial charge in [0.25, 0.3) is 5.91 Å². The van der Waals surface area contributed by atoms with Crippen molar-refractivity contribution in [3.05, 3.63) is 24.3 Å². The molecule has 0 bridgehead atoms. The molecule has 8 heteroatoms. The Morgan fingerprint density at radius 3 is 2.18 bits per heavy atom. The van der Waals surface area contributed by atoms with Crippen LogP contribution in [0, 0.1) is 0 Å². The van der Waals surface area contributed by atoms with Gasteiger partial charge in [-0.3, -0.25) is 4.79 Å². The number of nitrogens with two attached hydrogens (primary N) is 1. The molecule has 1 atom stereocenters. The lowest BCUT2D eigenvalue weighted by atomic mass is 10.3. The van der Waals surface area contributed by atoms with Gasteiger partial charge in [-0.2, -0.15) is 8.42 Å². The molecule has 94 valence electrons. The molecule has 2 N–H and O–H groups in total. The SMILES string of the molecule is CC(Oc1ccc(OS(=O)(=O)F)cc1)C(N)=O. The molecular weight excluding hydrogens is 253 g/mol. The van der Waals surface area contributed by atoms with Gasteiger partial charge in [-0.05, 0) is 31.2 Å². The summed E-state index contributed by atoms with van der Waals surface area (Å²) < 4.78 is 41.5. The third-order valence-electron chi connectivity index (χ3n) is 1.73. The molecular formula is C9H10FNO5S. The minimum Gasteiger partial charge on any atom is -0.481 e. The zero-order chi connectivity index (χ0) is 13.1. The zero-order valence-electron chi connectivity index (χ0n) is 8.79. The molecule has 0 aliphatic heterocycles. The van der Waals surface area contributed by atoms with Gasteiger partial charge in [0, 0.05) is 0 Å². The average Bonchev–Trinajstić information content (AvgIpc) is 2.18. The first-order valence-electron chi connectivity index (χ1n) is 4.48. The number of ether oxygens (including phenoxy) is 1. The van der Waals surface area contributed by atoms with Crippen LogP contribution in [-0.2, 0) is 15.3 Å². The van der Waals surface area contributed by atoms with E-state index >= 15 is 0 Å². The van der Waals surface area contributed by atoms with Gasteiger partial charge in [0.2, 0.25) is 0 Å². The van der Waals surface area contributed by atoms with Gasteiger partial charge >= 0.3 is 10.5 Å². The summed E-state index contributed by atoms with van der Waals surface area (Å²) >= 11 is 0. The standard InChI is InChI=1S/C9H10FNO5S/c1-6(9(11)12)15-7-2-4-8(5-3-7)16-17(10,13)14/h2-6H,1H3,(H2,11,12). The van der Waals surface area contributed by atoms with E-state index < -0.39 is 22.5 Å². The van der Waals surface area contributed by atoms with Crippen LogP contribution in [0.1, 0.15) is 6.92 Å². The monoisotopic (exact) mass is 263 g/mol. The second kappa shape index (κ2) is 5.00. The van der Waals surface area contributed by atoms with Crippen LogP contribution in [-0.4, -0.2) is 20.4 Å². The first kappa shape index (κ1) is 13.2. The van der Waals surface area contributed by atoms with Crippen LogP contribution in [0.25, 0.3) is 0 Å². The summed E-state index contributed by atoms with van der Waals surface area (Å²) in [5.41, 5.74) is 4.98. The Kier molecular flexibility index (Phi) is 3.89. The Morgan fingerprint density at radius 2 is 1.76 bits per heavy atom. The van der Waals surface area contributed by atoms with Crippen molar-refractivity contribution in [3.63, 3.8) is 0 Å². The van der Waals surface area contributed by atoms with Crippen LogP contribution < -0.4 is 14.7 Å². The van der Waals surface area contributed by atoms with Gasteiger partial charge in [-0.1, -0.05) is 3.89 Å². The maximum Gasteiger partial charge on any atom is 0.488 e. The second-order valence-corrected chi connectivity index (χ2v) is 4.06. The molecule has 0 heterocycles. The summed E-state index contributed by atoms with van der Waals surface area (Å²) in [6.45, 7) is 1.46. The maximum atomic E-state index is 12.1. The highest BCUT2D eigenvalue weighted by Gasteiger charge is 2.12. The maximum absolute atomic E-state index is 12.1. The predicted molar refractivity (Wildman–Crippen MR) is 56.4 cm³/mol. The Labute approximate surface area is 97.6 Å². The number of primary amides is 1. The van der Waals surface area contributed by atoms with Gasteiger partial charge in [0.05, 0.1) is 0 Å². The lowest BCUT2D eigenvalue weighted by Crippen LogP contribution is -2.30. The van der Waals surface area contributed by atoms with Crippen molar-refractivity contribution >= 4 is 16.4 Å². The molecule has 1 aromatic carbocycles. The number of carbonyl (C=O) groups excluding carboxylic acids is 1. The number of hydrogen-bond acceptors (Lipinski definition) is 5. The number of benzene rings is 1. The van der Waals surface area contributed by atoms with Crippen molar-refractivity contribution in [2.75, 3.05) is 0 Å². The van der Waals surface area contributed by atoms with E-state index in [2.05, 4.69) is 4.18 Å². The van der Waals surface area contributed by atoms with E-state index in [1.54, 1.807) is 0 Å². The number of rotatable bonds is 5. The lowest BCUT2D eigenvalue weighted by molar-refractivity contribution is -0.123. The van der Waals surface area contributed by atoms with Crippen LogP contribution in [0.5, 0.6) is 11.5 Å². The highest BCUT2D eigenvalue weighted by Crippen LogP contribution is 2.20. The molecule has 6 nitrogen and oxygen atoms in total. The molecule has 17 heavy (non-hydrogen) atoms. The number of carbonyl (C=O) groups is 1. The summed E-state index contributed by atoms with van der Waals surface area (Å²) in [6.07, 6.45) is -0.827. The first-order valence-corrected chi connectivity index (χ1v) is 5.79. The van der Waals surface area contributed by atoms with E-state index in [0.29, 0.717) is 0 Å². The van der Waals surface area contributed by atoms with E-state index in [9.17, 15) is 17.1 Å². The molecule has 0 radical (unpaired) electrons. The van der Waals surface area contributed by atoms with Crippen LogP contribution in [0.15, 0.2) is 24.3 Å². The Morgan fingerprint density at radius 1 is 1.29 bits per heavy atom. The molecule has 0 fully saturated rings. The van der Waals surface area contributed by atoms with Gasteiger partial charge in [-0.15, -0.1) is 0 Å². The molecule has 0 saturated carbocycles. The molecule has 0 aromatic heterocycles. The van der Waals surface area contributed by atoms with E-state index in [1.165, 1.54) is 31.2 Å². The molecule has 0 spiro atoms. The third-order valence-corrected chi connectivity index (χ3v) is 2.12. The average molecular weight is 263 g/mol. The van der Waals surface area contributed by atoms with Crippen LogP contribution in [0.4, 0.5) is 3.89 Å². The van der Waals surface area contributed by atoms with E-state index in [4.69, 9.17) is 10.5 Å². The summed E-state index contributed by atoms with van der Waals surface area (Å²) in [7, 11) is -5.04. The van der Waals surface area contributed by atoms with Gasteiger partial charge in [0.15, 0.2) is 6.10 Å². The van der Waals surface area contributed by atoms with Crippen molar-refractivity contribution in [2.45, 2.75) is 13.0 Å². The molecule has 0 aliphatic carbocycles. The van der Waals surface area contributed by atoms with E-state index in [0.717, 1.165) is 0 Å². The molecule has 1 aromatic rings. The number of amides is 1. The topological polar surface area (TPSA) is 95.7 Å². The fourth-order valence-electron chi connectivity index (χ4n) is 0.951. The zero-order valence-corrected chi connectivity index (χ0v) is 9.61. The number of hydrogen-bond donors (Lipinski definition) is 1. The van der Waals surface area contributed by atoms with Crippen molar-refractivity contribution in [2.24, 2.45) is 5.73 Å². The van der Waals surface area contributed by atoms with Gasteiger partial charge in [0.1, 0.15) is 11.5 Å². The lowest BCUT2D eigenvalue weighted by Gasteiger charge is -2.11. The van der Waals surface area contributed by atoms with Gasteiger partial charge in [-0.25, -0.2) is 0 Å². The second-order valence-electron chi connectivity index (χ2n) is 3.11. The summed E-state index contributed by atoms with van der Waals surface area (Å²) in [6, 6.07) is 5.00. The van der Waals surface area contributed by atoms with E-state index in [1.807, 2.05) is 0 Å². The van der Waals surface area contributed by atoms with Crippen molar-refractivity contribution < 1.29 is 26.0 Å². The van der Waals surface area contributed by atoms with Crippen molar-refractivity contribution in [1.82, 2.24) is 0 Å². The molecule has 1 amide bonds. The molecule has 1 rings (SSSR count). The smallest absolute Gasteiger partial charge is 0.481 e. The normalized spacial score (nSPS) is 12.8. The summed E-state index contributed by atoms with van der Waals surface area (Å²) in [5.74, 6) is -0.567. The fraction of sp³-hybridized carbons (Fsp3) is 0.222. The largest absolute Gasteiger partial charge is 0.488 e. The van der Waals surface area contributed by atoms with Gasteiger partial charge < -0.3 is 14.7 Å². The quantitative estimate of drug-likeness (QED) is 0.782. The Hall–Kier alpha value is -1.83. The number of halogens is 1. The van der Waals surface area contributed by atoms with Crippen LogP contribution in [0.2, 0.25) is 0 Å². The highest BCUT2D eigenvalue weighted by atomic mass is 32.3. The molecule has 0 aliphatic rings.